The van der Waals surface area contributed by atoms with Gasteiger partial charge in [0.25, 0.3) is 5.91 Å². The van der Waals surface area contributed by atoms with E-state index < -0.39 is 24.5 Å². The van der Waals surface area contributed by atoms with Crippen molar-refractivity contribution >= 4 is 29.2 Å². The maximum absolute atomic E-state index is 12.0. The SMILES string of the molecule is CCCc1cc(C(=O)OCC(=O)NC(=O)NC2CCCC2)sc1C. The fourth-order valence-electron chi connectivity index (χ4n) is 2.79. The summed E-state index contributed by atoms with van der Waals surface area (Å²) in [6.07, 6.45) is 5.98. The molecule has 2 rings (SSSR count). The molecule has 7 heteroatoms. The minimum Gasteiger partial charge on any atom is -0.451 e. The number of ether oxygens (including phenoxy) is 1. The lowest BCUT2D eigenvalue weighted by molar-refractivity contribution is -0.123. The number of thiophene rings is 1. The highest BCUT2D eigenvalue weighted by Gasteiger charge is 2.19. The van der Waals surface area contributed by atoms with Crippen molar-refractivity contribution in [2.75, 3.05) is 6.61 Å². The van der Waals surface area contributed by atoms with Gasteiger partial charge in [-0.3, -0.25) is 10.1 Å². The lowest BCUT2D eigenvalue weighted by atomic mass is 10.1. The third kappa shape index (κ3) is 5.33. The van der Waals surface area contributed by atoms with Gasteiger partial charge in [-0.15, -0.1) is 11.3 Å². The molecule has 0 bridgehead atoms. The van der Waals surface area contributed by atoms with Crippen LogP contribution in [0.4, 0.5) is 4.79 Å². The van der Waals surface area contributed by atoms with E-state index in [1.165, 1.54) is 11.3 Å². The molecule has 0 aromatic carbocycles. The number of hydrogen-bond donors (Lipinski definition) is 2. The monoisotopic (exact) mass is 352 g/mol. The largest absolute Gasteiger partial charge is 0.451 e. The molecule has 0 aliphatic heterocycles. The van der Waals surface area contributed by atoms with Crippen LogP contribution in [0.5, 0.6) is 0 Å². The predicted octanol–water partition coefficient (Wildman–Crippen LogP) is 2.93. The van der Waals surface area contributed by atoms with Crippen LogP contribution < -0.4 is 10.6 Å². The first-order valence-electron chi connectivity index (χ1n) is 8.36. The fraction of sp³-hybridized carbons (Fsp3) is 0.588. The van der Waals surface area contributed by atoms with E-state index in [4.69, 9.17) is 4.74 Å². The molecule has 0 unspecified atom stereocenters. The zero-order chi connectivity index (χ0) is 17.5. The van der Waals surface area contributed by atoms with E-state index in [2.05, 4.69) is 17.6 Å². The Morgan fingerprint density at radius 1 is 1.29 bits per heavy atom. The zero-order valence-electron chi connectivity index (χ0n) is 14.1. The average Bonchev–Trinajstić information content (AvgIpc) is 3.15. The third-order valence-electron chi connectivity index (χ3n) is 4.02. The summed E-state index contributed by atoms with van der Waals surface area (Å²) >= 11 is 1.36. The normalized spacial score (nSPS) is 14.4. The Bertz CT molecular complexity index is 606. The van der Waals surface area contributed by atoms with Gasteiger partial charge in [0.15, 0.2) is 6.61 Å². The molecular weight excluding hydrogens is 328 g/mol. The lowest BCUT2D eigenvalue weighted by Crippen LogP contribution is -2.44. The van der Waals surface area contributed by atoms with E-state index in [-0.39, 0.29) is 6.04 Å². The molecule has 0 spiro atoms. The van der Waals surface area contributed by atoms with Gasteiger partial charge in [-0.2, -0.15) is 0 Å². The molecule has 24 heavy (non-hydrogen) atoms. The summed E-state index contributed by atoms with van der Waals surface area (Å²) < 4.78 is 4.99. The summed E-state index contributed by atoms with van der Waals surface area (Å²) in [5, 5.41) is 4.93. The highest BCUT2D eigenvalue weighted by Crippen LogP contribution is 2.23. The number of esters is 1. The first kappa shape index (κ1) is 18.4. The number of urea groups is 1. The second-order valence-electron chi connectivity index (χ2n) is 6.02. The molecule has 1 aliphatic carbocycles. The molecule has 132 valence electrons. The van der Waals surface area contributed by atoms with Crippen LogP contribution in [0.3, 0.4) is 0 Å². The summed E-state index contributed by atoms with van der Waals surface area (Å²) in [4.78, 5) is 36.9. The van der Waals surface area contributed by atoms with Crippen LogP contribution in [-0.4, -0.2) is 30.6 Å². The summed E-state index contributed by atoms with van der Waals surface area (Å²) in [5.41, 5.74) is 1.13. The van der Waals surface area contributed by atoms with E-state index in [0.717, 1.165) is 49.0 Å². The van der Waals surface area contributed by atoms with Crippen molar-refractivity contribution in [3.8, 4) is 0 Å². The number of carbonyl (C=O) groups excluding carboxylic acids is 3. The van der Waals surface area contributed by atoms with Gasteiger partial charge in [-0.1, -0.05) is 26.2 Å². The van der Waals surface area contributed by atoms with Crippen LogP contribution in [0.25, 0.3) is 0 Å². The summed E-state index contributed by atoms with van der Waals surface area (Å²) in [6, 6.07) is 1.42. The minimum absolute atomic E-state index is 0.131. The van der Waals surface area contributed by atoms with Crippen LogP contribution in [0.1, 0.15) is 59.1 Å². The van der Waals surface area contributed by atoms with E-state index in [9.17, 15) is 14.4 Å². The van der Waals surface area contributed by atoms with Gasteiger partial charge in [0.1, 0.15) is 4.88 Å². The molecule has 1 heterocycles. The molecule has 0 saturated heterocycles. The molecule has 6 nitrogen and oxygen atoms in total. The number of nitrogens with one attached hydrogen (secondary N) is 2. The molecular formula is C17H24N2O4S. The van der Waals surface area contributed by atoms with Crippen LogP contribution in [0, 0.1) is 6.92 Å². The Hall–Kier alpha value is -1.89. The third-order valence-corrected chi connectivity index (χ3v) is 5.09. The molecule has 1 aliphatic rings. The van der Waals surface area contributed by atoms with Crippen molar-refractivity contribution in [3.05, 3.63) is 21.4 Å². The maximum atomic E-state index is 12.0. The first-order chi connectivity index (χ1) is 11.5. The average molecular weight is 352 g/mol. The van der Waals surface area contributed by atoms with Gasteiger partial charge in [-0.05, 0) is 37.8 Å². The second kappa shape index (κ2) is 8.82. The predicted molar refractivity (Wildman–Crippen MR) is 92.3 cm³/mol. The van der Waals surface area contributed by atoms with Gasteiger partial charge in [-0.25, -0.2) is 9.59 Å². The van der Waals surface area contributed by atoms with Crippen molar-refractivity contribution < 1.29 is 19.1 Å². The van der Waals surface area contributed by atoms with Gasteiger partial charge in [0, 0.05) is 10.9 Å². The van der Waals surface area contributed by atoms with Gasteiger partial charge >= 0.3 is 12.0 Å². The molecule has 1 saturated carbocycles. The van der Waals surface area contributed by atoms with Crippen molar-refractivity contribution in [3.63, 3.8) is 0 Å². The van der Waals surface area contributed by atoms with Crippen LogP contribution in [0.2, 0.25) is 0 Å². The molecule has 2 N–H and O–H groups in total. The Balaban J connectivity index is 1.75. The van der Waals surface area contributed by atoms with Gasteiger partial charge < -0.3 is 10.1 Å². The van der Waals surface area contributed by atoms with Crippen LogP contribution in [-0.2, 0) is 16.0 Å². The van der Waals surface area contributed by atoms with Crippen molar-refractivity contribution in [2.24, 2.45) is 0 Å². The van der Waals surface area contributed by atoms with Gasteiger partial charge in [0.05, 0.1) is 0 Å². The summed E-state index contributed by atoms with van der Waals surface area (Å²) in [5.74, 6) is -1.15. The number of amides is 3. The molecule has 1 fully saturated rings. The van der Waals surface area contributed by atoms with E-state index in [1.54, 1.807) is 0 Å². The second-order valence-corrected chi connectivity index (χ2v) is 7.28. The molecule has 0 radical (unpaired) electrons. The highest BCUT2D eigenvalue weighted by atomic mass is 32.1. The standard InChI is InChI=1S/C17H24N2O4S/c1-3-6-12-9-14(24-11(12)2)16(21)23-10-15(20)19-17(22)18-13-7-4-5-8-13/h9,13H,3-8,10H2,1-2H3,(H2,18,19,20,22). The number of rotatable bonds is 6. The van der Waals surface area contributed by atoms with Crippen molar-refractivity contribution in [1.29, 1.82) is 0 Å². The summed E-state index contributed by atoms with van der Waals surface area (Å²) in [6.45, 7) is 3.58. The molecule has 1 aromatic rings. The highest BCUT2D eigenvalue weighted by molar-refractivity contribution is 7.14. The topological polar surface area (TPSA) is 84.5 Å². The van der Waals surface area contributed by atoms with Crippen molar-refractivity contribution in [2.45, 2.75) is 58.4 Å². The molecule has 3 amide bonds. The Morgan fingerprint density at radius 2 is 2.00 bits per heavy atom. The van der Waals surface area contributed by atoms with Gasteiger partial charge in [0.2, 0.25) is 0 Å². The number of imide groups is 1. The number of hydrogen-bond acceptors (Lipinski definition) is 5. The molecule has 1 aromatic heterocycles. The minimum atomic E-state index is -0.624. The number of carbonyl (C=O) groups is 3. The lowest BCUT2D eigenvalue weighted by Gasteiger charge is -2.12. The zero-order valence-corrected chi connectivity index (χ0v) is 15.0. The maximum Gasteiger partial charge on any atom is 0.348 e. The fourth-order valence-corrected chi connectivity index (χ4v) is 3.76. The smallest absolute Gasteiger partial charge is 0.348 e. The van der Waals surface area contributed by atoms with E-state index in [0.29, 0.717) is 4.88 Å². The Kier molecular flexibility index (Phi) is 6.78. The van der Waals surface area contributed by atoms with Crippen LogP contribution >= 0.6 is 11.3 Å². The Labute approximate surface area is 146 Å². The van der Waals surface area contributed by atoms with Crippen molar-refractivity contribution in [1.82, 2.24) is 10.6 Å². The van der Waals surface area contributed by atoms with E-state index >= 15 is 0 Å². The number of aryl methyl sites for hydroxylation is 2. The quantitative estimate of drug-likeness (QED) is 0.771. The van der Waals surface area contributed by atoms with Crippen LogP contribution in [0.15, 0.2) is 6.07 Å². The summed E-state index contributed by atoms with van der Waals surface area (Å²) in [7, 11) is 0. The molecule has 0 atom stereocenters. The first-order valence-corrected chi connectivity index (χ1v) is 9.18. The van der Waals surface area contributed by atoms with E-state index in [1.807, 2.05) is 13.0 Å². The Morgan fingerprint density at radius 3 is 2.67 bits per heavy atom.